The summed E-state index contributed by atoms with van der Waals surface area (Å²) in [5.41, 5.74) is 0. The van der Waals surface area contributed by atoms with Crippen LogP contribution in [0, 0.1) is 5.92 Å². The lowest BCUT2D eigenvalue weighted by Crippen LogP contribution is -2.37. The second kappa shape index (κ2) is 8.81. The standard InChI is InChI=1S/C17H30N2S/c1-15(13-17-9-6-12-20-17)19(2)11-10-18-14-16-7-4-3-5-8-16/h6,9,12,15-16,18H,3-5,7-8,10-11,13-14H2,1-2H3. The molecule has 2 rings (SSSR count). The van der Waals surface area contributed by atoms with Gasteiger partial charge in [-0.05, 0) is 57.1 Å². The van der Waals surface area contributed by atoms with Crippen LogP contribution in [0.3, 0.4) is 0 Å². The van der Waals surface area contributed by atoms with Crippen molar-refractivity contribution in [2.24, 2.45) is 5.92 Å². The zero-order valence-electron chi connectivity index (χ0n) is 13.1. The molecule has 1 atom stereocenters. The lowest BCUT2D eigenvalue weighted by atomic mass is 9.89. The highest BCUT2D eigenvalue weighted by Crippen LogP contribution is 2.22. The second-order valence-electron chi connectivity index (χ2n) is 6.32. The van der Waals surface area contributed by atoms with Gasteiger partial charge < -0.3 is 10.2 Å². The minimum absolute atomic E-state index is 0.630. The molecule has 1 N–H and O–H groups in total. The van der Waals surface area contributed by atoms with Crippen molar-refractivity contribution in [2.45, 2.75) is 51.5 Å². The summed E-state index contributed by atoms with van der Waals surface area (Å²) in [5, 5.41) is 5.84. The average molecular weight is 295 g/mol. The molecule has 2 nitrogen and oxygen atoms in total. The third kappa shape index (κ3) is 5.55. The van der Waals surface area contributed by atoms with E-state index in [2.05, 4.69) is 41.7 Å². The lowest BCUT2D eigenvalue weighted by Gasteiger charge is -2.26. The van der Waals surface area contributed by atoms with Gasteiger partial charge in [0.1, 0.15) is 0 Å². The molecule has 114 valence electrons. The fraction of sp³-hybridized carbons (Fsp3) is 0.765. The number of hydrogen-bond donors (Lipinski definition) is 1. The summed E-state index contributed by atoms with van der Waals surface area (Å²) in [6.45, 7) is 5.84. The summed E-state index contributed by atoms with van der Waals surface area (Å²) in [7, 11) is 2.25. The van der Waals surface area contributed by atoms with Crippen LogP contribution in [0.15, 0.2) is 17.5 Å². The van der Waals surface area contributed by atoms with Gasteiger partial charge in [-0.15, -0.1) is 11.3 Å². The summed E-state index contributed by atoms with van der Waals surface area (Å²) in [4.78, 5) is 3.98. The fourth-order valence-corrected chi connectivity index (χ4v) is 3.88. The molecule has 0 bridgehead atoms. The van der Waals surface area contributed by atoms with Crippen molar-refractivity contribution >= 4 is 11.3 Å². The molecule has 1 fully saturated rings. The number of nitrogens with zero attached hydrogens (tertiary/aromatic N) is 1. The molecule has 20 heavy (non-hydrogen) atoms. The average Bonchev–Trinajstić information content (AvgIpc) is 2.97. The molecule has 0 spiro atoms. The smallest absolute Gasteiger partial charge is 0.0113 e. The predicted molar refractivity (Wildman–Crippen MR) is 89.6 cm³/mol. The van der Waals surface area contributed by atoms with Gasteiger partial charge in [-0.3, -0.25) is 0 Å². The molecule has 0 amide bonds. The normalized spacial score (nSPS) is 18.6. The Labute approximate surface area is 128 Å². The molecule has 3 heteroatoms. The van der Waals surface area contributed by atoms with E-state index in [1.54, 1.807) is 0 Å². The Balaban J connectivity index is 1.56. The van der Waals surface area contributed by atoms with Gasteiger partial charge in [0, 0.05) is 24.0 Å². The van der Waals surface area contributed by atoms with E-state index in [0.717, 1.165) is 19.0 Å². The van der Waals surface area contributed by atoms with Crippen LogP contribution in [-0.4, -0.2) is 37.6 Å². The third-order valence-electron chi connectivity index (χ3n) is 4.63. The van der Waals surface area contributed by atoms with E-state index < -0.39 is 0 Å². The third-order valence-corrected chi connectivity index (χ3v) is 5.53. The van der Waals surface area contributed by atoms with Crippen molar-refractivity contribution in [3.8, 4) is 0 Å². The van der Waals surface area contributed by atoms with Crippen LogP contribution in [0.4, 0.5) is 0 Å². The molecule has 0 aliphatic heterocycles. The van der Waals surface area contributed by atoms with E-state index >= 15 is 0 Å². The first-order valence-electron chi connectivity index (χ1n) is 8.19. The van der Waals surface area contributed by atoms with Gasteiger partial charge in [-0.25, -0.2) is 0 Å². The van der Waals surface area contributed by atoms with Crippen molar-refractivity contribution in [1.82, 2.24) is 10.2 Å². The molecule has 1 aromatic rings. The molecule has 0 radical (unpaired) electrons. The van der Waals surface area contributed by atoms with Gasteiger partial charge >= 0.3 is 0 Å². The Morgan fingerprint density at radius 3 is 2.85 bits per heavy atom. The predicted octanol–water partition coefficient (Wildman–Crippen LogP) is 3.78. The Morgan fingerprint density at radius 1 is 1.35 bits per heavy atom. The number of nitrogens with one attached hydrogen (secondary N) is 1. The van der Waals surface area contributed by atoms with Crippen LogP contribution >= 0.6 is 11.3 Å². The van der Waals surface area contributed by atoms with Gasteiger partial charge in [0.05, 0.1) is 0 Å². The highest BCUT2D eigenvalue weighted by molar-refractivity contribution is 7.09. The van der Waals surface area contributed by atoms with Crippen LogP contribution in [0.25, 0.3) is 0 Å². The van der Waals surface area contributed by atoms with E-state index in [1.807, 2.05) is 11.3 Å². The maximum Gasteiger partial charge on any atom is 0.0113 e. The van der Waals surface area contributed by atoms with Crippen LogP contribution < -0.4 is 5.32 Å². The Kier molecular flexibility index (Phi) is 7.05. The van der Waals surface area contributed by atoms with Crippen molar-refractivity contribution < 1.29 is 0 Å². The number of hydrogen-bond acceptors (Lipinski definition) is 3. The van der Waals surface area contributed by atoms with E-state index in [1.165, 1.54) is 49.9 Å². The van der Waals surface area contributed by atoms with Gasteiger partial charge in [-0.2, -0.15) is 0 Å². The minimum Gasteiger partial charge on any atom is -0.315 e. The zero-order chi connectivity index (χ0) is 14.2. The molecular formula is C17H30N2S. The van der Waals surface area contributed by atoms with E-state index in [-0.39, 0.29) is 0 Å². The first kappa shape index (κ1) is 16.0. The summed E-state index contributed by atoms with van der Waals surface area (Å²) in [6, 6.07) is 5.03. The quantitative estimate of drug-likeness (QED) is 0.734. The molecule has 1 heterocycles. The SMILES string of the molecule is CC(Cc1cccs1)N(C)CCNCC1CCCCC1. The van der Waals surface area contributed by atoms with Gasteiger partial charge in [0.15, 0.2) is 0 Å². The monoisotopic (exact) mass is 294 g/mol. The molecule has 1 aliphatic rings. The molecular weight excluding hydrogens is 264 g/mol. The van der Waals surface area contributed by atoms with Crippen LogP contribution in [0.5, 0.6) is 0 Å². The maximum absolute atomic E-state index is 3.66. The highest BCUT2D eigenvalue weighted by Gasteiger charge is 2.13. The largest absolute Gasteiger partial charge is 0.315 e. The maximum atomic E-state index is 3.66. The second-order valence-corrected chi connectivity index (χ2v) is 7.35. The number of likely N-dealkylation sites (N-methyl/N-ethyl adjacent to an activating group) is 1. The molecule has 1 saturated carbocycles. The summed E-state index contributed by atoms with van der Waals surface area (Å²) >= 11 is 1.87. The topological polar surface area (TPSA) is 15.3 Å². The molecule has 1 aliphatic carbocycles. The van der Waals surface area contributed by atoms with Crippen molar-refractivity contribution in [2.75, 3.05) is 26.7 Å². The summed E-state index contributed by atoms with van der Waals surface area (Å²) in [5.74, 6) is 0.942. The molecule has 0 saturated heterocycles. The first-order valence-corrected chi connectivity index (χ1v) is 9.07. The van der Waals surface area contributed by atoms with Crippen LogP contribution in [0.1, 0.15) is 43.9 Å². The molecule has 1 aromatic heterocycles. The number of rotatable bonds is 8. The fourth-order valence-electron chi connectivity index (χ4n) is 3.05. The molecule has 1 unspecified atom stereocenters. The van der Waals surface area contributed by atoms with Crippen molar-refractivity contribution in [1.29, 1.82) is 0 Å². The Morgan fingerprint density at radius 2 is 2.15 bits per heavy atom. The first-order chi connectivity index (χ1) is 9.75. The summed E-state index contributed by atoms with van der Waals surface area (Å²) in [6.07, 6.45) is 8.42. The Bertz CT molecular complexity index is 344. The number of thiophene rings is 1. The minimum atomic E-state index is 0.630. The lowest BCUT2D eigenvalue weighted by molar-refractivity contribution is 0.251. The van der Waals surface area contributed by atoms with E-state index in [4.69, 9.17) is 0 Å². The van der Waals surface area contributed by atoms with E-state index in [0.29, 0.717) is 6.04 Å². The van der Waals surface area contributed by atoms with Gasteiger partial charge in [-0.1, -0.05) is 25.3 Å². The van der Waals surface area contributed by atoms with Crippen molar-refractivity contribution in [3.63, 3.8) is 0 Å². The summed E-state index contributed by atoms with van der Waals surface area (Å²) < 4.78 is 0. The van der Waals surface area contributed by atoms with Gasteiger partial charge in [0.25, 0.3) is 0 Å². The van der Waals surface area contributed by atoms with Crippen LogP contribution in [-0.2, 0) is 6.42 Å². The van der Waals surface area contributed by atoms with Crippen molar-refractivity contribution in [3.05, 3.63) is 22.4 Å². The van der Waals surface area contributed by atoms with Gasteiger partial charge in [0.2, 0.25) is 0 Å². The highest BCUT2D eigenvalue weighted by atomic mass is 32.1. The zero-order valence-corrected chi connectivity index (χ0v) is 13.9. The van der Waals surface area contributed by atoms with Crippen LogP contribution in [0.2, 0.25) is 0 Å². The molecule has 0 aromatic carbocycles. The van der Waals surface area contributed by atoms with E-state index in [9.17, 15) is 0 Å². The Hall–Kier alpha value is -0.380.